The van der Waals surface area contributed by atoms with E-state index in [4.69, 9.17) is 17.0 Å². The first-order valence-electron chi connectivity index (χ1n) is 8.15. The third kappa shape index (κ3) is 4.14. The Balaban J connectivity index is 1.70. The number of ether oxygens (including phenoxy) is 1. The molecule has 0 aliphatic rings. The summed E-state index contributed by atoms with van der Waals surface area (Å²) in [6.07, 6.45) is 0.904. The fourth-order valence-electron chi connectivity index (χ4n) is 2.38. The summed E-state index contributed by atoms with van der Waals surface area (Å²) >= 11 is 6.43. The lowest BCUT2D eigenvalue weighted by Crippen LogP contribution is -2.34. The molecule has 0 saturated heterocycles. The fourth-order valence-corrected chi connectivity index (χ4v) is 3.11. The van der Waals surface area contributed by atoms with E-state index in [2.05, 4.69) is 19.4 Å². The van der Waals surface area contributed by atoms with Crippen LogP contribution in [0.1, 0.15) is 29.3 Å². The third-order valence-electron chi connectivity index (χ3n) is 3.67. The van der Waals surface area contributed by atoms with E-state index in [1.54, 1.807) is 18.2 Å². The van der Waals surface area contributed by atoms with Crippen molar-refractivity contribution in [1.82, 2.24) is 14.1 Å². The normalized spacial score (nSPS) is 10.5. The average Bonchev–Trinajstić information content (AvgIpc) is 3.11. The lowest BCUT2D eigenvalue weighted by atomic mass is 10.1. The molecule has 0 unspecified atom stereocenters. The Morgan fingerprint density at radius 2 is 2.12 bits per heavy atom. The molecule has 3 aromatic rings. The van der Waals surface area contributed by atoms with Crippen LogP contribution in [0.25, 0.3) is 11.0 Å². The number of carbonyl (C=O) groups is 1. The molecule has 26 heavy (non-hydrogen) atoms. The highest BCUT2D eigenvalue weighted by atomic mass is 32.1. The van der Waals surface area contributed by atoms with Crippen molar-refractivity contribution in [3.05, 3.63) is 47.5 Å². The van der Waals surface area contributed by atoms with Gasteiger partial charge in [0.25, 0.3) is 5.91 Å². The van der Waals surface area contributed by atoms with Crippen LogP contribution in [0.5, 0.6) is 5.75 Å². The molecule has 134 valence electrons. The van der Waals surface area contributed by atoms with Gasteiger partial charge in [-0.3, -0.25) is 10.1 Å². The van der Waals surface area contributed by atoms with Crippen molar-refractivity contribution in [2.45, 2.75) is 20.3 Å². The van der Waals surface area contributed by atoms with E-state index in [1.165, 1.54) is 0 Å². The van der Waals surface area contributed by atoms with Crippen molar-refractivity contribution in [2.24, 2.45) is 0 Å². The van der Waals surface area contributed by atoms with Gasteiger partial charge in [-0.25, -0.2) is 0 Å². The number of nitrogens with zero attached hydrogens (tertiary/aromatic N) is 2. The number of anilines is 1. The van der Waals surface area contributed by atoms with E-state index in [-0.39, 0.29) is 11.0 Å². The highest BCUT2D eigenvalue weighted by Crippen LogP contribution is 2.25. The predicted molar refractivity (Wildman–Crippen MR) is 108 cm³/mol. The Bertz CT molecular complexity index is 955. The molecule has 1 heterocycles. The minimum absolute atomic E-state index is 0.207. The SMILES string of the molecule is CCCOc1cccc(C(=O)NC(=S)Nc2c(C)ccc3nsnc23)c1. The zero-order valence-corrected chi connectivity index (χ0v) is 16.0. The van der Waals surface area contributed by atoms with Crippen LogP contribution in [0, 0.1) is 6.92 Å². The number of benzene rings is 2. The van der Waals surface area contributed by atoms with Crippen molar-refractivity contribution in [3.63, 3.8) is 0 Å². The zero-order chi connectivity index (χ0) is 18.5. The van der Waals surface area contributed by atoms with E-state index >= 15 is 0 Å². The van der Waals surface area contributed by atoms with Gasteiger partial charge < -0.3 is 10.1 Å². The Morgan fingerprint density at radius 1 is 1.27 bits per heavy atom. The molecular formula is C18H18N4O2S2. The molecule has 0 aliphatic carbocycles. The van der Waals surface area contributed by atoms with Crippen LogP contribution in [0.15, 0.2) is 36.4 Å². The van der Waals surface area contributed by atoms with Crippen molar-refractivity contribution in [1.29, 1.82) is 0 Å². The fraction of sp³-hybridized carbons (Fsp3) is 0.222. The molecule has 2 N–H and O–H groups in total. The summed E-state index contributed by atoms with van der Waals surface area (Å²) in [4.78, 5) is 12.4. The highest BCUT2D eigenvalue weighted by molar-refractivity contribution is 7.80. The van der Waals surface area contributed by atoms with E-state index in [0.29, 0.717) is 17.9 Å². The molecular weight excluding hydrogens is 368 g/mol. The molecule has 3 rings (SSSR count). The summed E-state index contributed by atoms with van der Waals surface area (Å²) in [5.41, 5.74) is 3.73. The van der Waals surface area contributed by atoms with Gasteiger partial charge in [0.15, 0.2) is 5.11 Å². The second-order valence-corrected chi connectivity index (χ2v) is 6.61. The third-order valence-corrected chi connectivity index (χ3v) is 4.42. The van der Waals surface area contributed by atoms with E-state index < -0.39 is 0 Å². The minimum atomic E-state index is -0.300. The summed E-state index contributed by atoms with van der Waals surface area (Å²) in [5, 5.41) is 5.96. The second-order valence-electron chi connectivity index (χ2n) is 5.67. The average molecular weight is 387 g/mol. The molecule has 1 amide bonds. The molecule has 0 radical (unpaired) electrons. The van der Waals surface area contributed by atoms with Gasteiger partial charge in [0.1, 0.15) is 16.8 Å². The first-order valence-corrected chi connectivity index (χ1v) is 9.29. The molecule has 6 nitrogen and oxygen atoms in total. The standard InChI is InChI=1S/C18H18N4O2S2/c1-3-9-24-13-6-4-5-12(10-13)17(23)20-18(25)19-15-11(2)7-8-14-16(15)22-26-21-14/h4-8,10H,3,9H2,1-2H3,(H2,19,20,23,25). The number of amides is 1. The van der Waals surface area contributed by atoms with Crippen LogP contribution in [0.4, 0.5) is 5.69 Å². The van der Waals surface area contributed by atoms with Gasteiger partial charge in [-0.1, -0.05) is 19.1 Å². The summed E-state index contributed by atoms with van der Waals surface area (Å²) < 4.78 is 14.1. The van der Waals surface area contributed by atoms with Crippen LogP contribution >= 0.6 is 23.9 Å². The van der Waals surface area contributed by atoms with Crippen LogP contribution in [0.2, 0.25) is 0 Å². The predicted octanol–water partition coefficient (Wildman–Crippen LogP) is 3.92. The number of hydrogen-bond acceptors (Lipinski definition) is 6. The summed E-state index contributed by atoms with van der Waals surface area (Å²) in [6.45, 7) is 4.58. The van der Waals surface area contributed by atoms with Crippen LogP contribution in [0.3, 0.4) is 0 Å². The van der Waals surface area contributed by atoms with Gasteiger partial charge in [-0.05, 0) is 55.4 Å². The number of rotatable bonds is 5. The molecule has 0 fully saturated rings. The lowest BCUT2D eigenvalue weighted by molar-refractivity contribution is 0.0977. The smallest absolute Gasteiger partial charge is 0.257 e. The van der Waals surface area contributed by atoms with Crippen molar-refractivity contribution < 1.29 is 9.53 Å². The van der Waals surface area contributed by atoms with Crippen LogP contribution < -0.4 is 15.4 Å². The number of nitrogens with one attached hydrogen (secondary N) is 2. The van der Waals surface area contributed by atoms with Gasteiger partial charge in [-0.15, -0.1) is 0 Å². The first kappa shape index (κ1) is 18.2. The van der Waals surface area contributed by atoms with Gasteiger partial charge in [0, 0.05) is 5.56 Å². The summed E-state index contributed by atoms with van der Waals surface area (Å²) in [7, 11) is 0. The Morgan fingerprint density at radius 3 is 2.92 bits per heavy atom. The van der Waals surface area contributed by atoms with Gasteiger partial charge in [-0.2, -0.15) is 8.75 Å². The van der Waals surface area contributed by atoms with E-state index in [0.717, 1.165) is 40.4 Å². The maximum absolute atomic E-state index is 12.4. The minimum Gasteiger partial charge on any atom is -0.494 e. The number of thiocarbonyl (C=S) groups is 1. The number of fused-ring (bicyclic) bond motifs is 1. The van der Waals surface area contributed by atoms with Crippen molar-refractivity contribution in [3.8, 4) is 5.75 Å². The number of hydrogen-bond donors (Lipinski definition) is 2. The van der Waals surface area contributed by atoms with E-state index in [9.17, 15) is 4.79 Å². The van der Waals surface area contributed by atoms with Crippen molar-refractivity contribution >= 4 is 51.7 Å². The maximum atomic E-state index is 12.4. The van der Waals surface area contributed by atoms with Gasteiger partial charge in [0.05, 0.1) is 24.0 Å². The Kier molecular flexibility index (Phi) is 5.75. The summed E-state index contributed by atoms with van der Waals surface area (Å²) in [6, 6.07) is 10.9. The molecule has 1 aromatic heterocycles. The maximum Gasteiger partial charge on any atom is 0.257 e. The molecule has 8 heteroatoms. The lowest BCUT2D eigenvalue weighted by Gasteiger charge is -2.12. The largest absolute Gasteiger partial charge is 0.494 e. The van der Waals surface area contributed by atoms with Crippen molar-refractivity contribution in [2.75, 3.05) is 11.9 Å². The molecule has 0 aliphatic heterocycles. The zero-order valence-electron chi connectivity index (χ0n) is 14.4. The number of aromatic nitrogens is 2. The topological polar surface area (TPSA) is 76.1 Å². The first-order chi connectivity index (χ1) is 12.6. The quantitative estimate of drug-likeness (QED) is 0.648. The van der Waals surface area contributed by atoms with E-state index in [1.807, 2.05) is 32.0 Å². The second kappa shape index (κ2) is 8.20. The van der Waals surface area contributed by atoms with Crippen LogP contribution in [-0.4, -0.2) is 26.4 Å². The van der Waals surface area contributed by atoms with Crippen LogP contribution in [-0.2, 0) is 0 Å². The summed E-state index contributed by atoms with van der Waals surface area (Å²) in [5.74, 6) is 0.359. The van der Waals surface area contributed by atoms with Gasteiger partial charge >= 0.3 is 0 Å². The molecule has 0 bridgehead atoms. The van der Waals surface area contributed by atoms with Gasteiger partial charge in [0.2, 0.25) is 0 Å². The number of aryl methyl sites for hydroxylation is 1. The highest BCUT2D eigenvalue weighted by Gasteiger charge is 2.13. The molecule has 0 atom stereocenters. The Hall–Kier alpha value is -2.58. The monoisotopic (exact) mass is 386 g/mol. The number of carbonyl (C=O) groups excluding carboxylic acids is 1. The molecule has 0 spiro atoms. The molecule has 2 aromatic carbocycles. The Labute approximate surface area is 160 Å². The molecule has 0 saturated carbocycles.